The molecule has 0 aliphatic carbocycles. The zero-order chi connectivity index (χ0) is 14.1. The van der Waals surface area contributed by atoms with Crippen molar-refractivity contribution >= 4 is 29.1 Å². The molecular formula is C11H16N2O5. The minimum absolute atomic E-state index is 0.0419. The molecule has 0 unspecified atom stereocenters. The molecule has 0 heterocycles. The zero-order valence-electron chi connectivity index (χ0n) is 10.8. The topological polar surface area (TPSA) is 94.4 Å². The van der Waals surface area contributed by atoms with Gasteiger partial charge in [0.05, 0.1) is 11.4 Å². The predicted molar refractivity (Wildman–Crippen MR) is 64.0 cm³/mol. The molecule has 0 atom stereocenters. The first-order valence-corrected chi connectivity index (χ1v) is 5.25. The van der Waals surface area contributed by atoms with Crippen molar-refractivity contribution in [2.45, 2.75) is 40.5 Å². The third-order valence-corrected chi connectivity index (χ3v) is 1.55. The fraction of sp³-hybridized carbons (Fsp3) is 0.545. The molecule has 0 saturated carbocycles. The van der Waals surface area contributed by atoms with E-state index >= 15 is 0 Å². The Morgan fingerprint density at radius 1 is 0.833 bits per heavy atom. The molecular weight excluding hydrogens is 240 g/mol. The largest absolute Gasteiger partial charge is 0.331 e. The molecule has 0 aliphatic heterocycles. The van der Waals surface area contributed by atoms with Gasteiger partial charge in [0.15, 0.2) is 0 Å². The molecule has 100 valence electrons. The van der Waals surface area contributed by atoms with Crippen molar-refractivity contribution in [2.24, 2.45) is 10.3 Å². The first kappa shape index (κ1) is 16.0. The van der Waals surface area contributed by atoms with Crippen LogP contribution in [0.4, 0.5) is 0 Å². The molecule has 0 aromatic heterocycles. The third kappa shape index (κ3) is 9.20. The maximum atomic E-state index is 11.0. The number of oxime groups is 2. The smallest absolute Gasteiger partial charge is 0.319 e. The van der Waals surface area contributed by atoms with E-state index in [-0.39, 0.29) is 18.6 Å². The van der Waals surface area contributed by atoms with Crippen molar-refractivity contribution in [3.63, 3.8) is 0 Å². The molecule has 0 aromatic carbocycles. The van der Waals surface area contributed by atoms with Crippen molar-refractivity contribution in [2.75, 3.05) is 0 Å². The van der Waals surface area contributed by atoms with E-state index in [1.807, 2.05) is 0 Å². The minimum Gasteiger partial charge on any atom is -0.319 e. The molecule has 0 aromatic rings. The number of ketones is 1. The summed E-state index contributed by atoms with van der Waals surface area (Å²) in [7, 11) is 0. The van der Waals surface area contributed by atoms with E-state index < -0.39 is 11.9 Å². The Bertz CT molecular complexity index is 398. The number of hydrogen-bond acceptors (Lipinski definition) is 7. The zero-order valence-corrected chi connectivity index (χ0v) is 10.8. The van der Waals surface area contributed by atoms with Crippen LogP contribution in [0.15, 0.2) is 10.3 Å². The summed E-state index contributed by atoms with van der Waals surface area (Å²) in [5.74, 6) is -1.24. The summed E-state index contributed by atoms with van der Waals surface area (Å²) >= 11 is 0. The Kier molecular flexibility index (Phi) is 7.18. The van der Waals surface area contributed by atoms with Crippen molar-refractivity contribution in [3.05, 3.63) is 0 Å². The van der Waals surface area contributed by atoms with Gasteiger partial charge in [-0.2, -0.15) is 0 Å². The lowest BCUT2D eigenvalue weighted by Crippen LogP contribution is -2.11. The summed E-state index contributed by atoms with van der Waals surface area (Å²) in [6.07, 6.45) is 0.223. The van der Waals surface area contributed by atoms with Crippen LogP contribution in [0.25, 0.3) is 0 Å². The lowest BCUT2D eigenvalue weighted by Gasteiger charge is -2.03. The van der Waals surface area contributed by atoms with Gasteiger partial charge in [0, 0.05) is 26.7 Å². The summed E-state index contributed by atoms with van der Waals surface area (Å²) in [6, 6.07) is 0. The Labute approximate surface area is 105 Å². The van der Waals surface area contributed by atoms with Crippen LogP contribution in [0.2, 0.25) is 0 Å². The van der Waals surface area contributed by atoms with Crippen LogP contribution in [0.1, 0.15) is 40.5 Å². The summed E-state index contributed by atoms with van der Waals surface area (Å²) in [4.78, 5) is 41.1. The van der Waals surface area contributed by atoms with E-state index in [0.29, 0.717) is 11.4 Å². The molecule has 18 heavy (non-hydrogen) atoms. The van der Waals surface area contributed by atoms with Gasteiger partial charge in [0.1, 0.15) is 5.78 Å². The van der Waals surface area contributed by atoms with Crippen LogP contribution in [0, 0.1) is 0 Å². The highest BCUT2D eigenvalue weighted by Crippen LogP contribution is 2.00. The number of nitrogens with zero attached hydrogens (tertiary/aromatic N) is 2. The highest BCUT2D eigenvalue weighted by molar-refractivity contribution is 6.10. The SMILES string of the molecule is CC(=O)C/C(C/C(C)=N/OC(C)=O)=N\OC(C)=O. The first-order chi connectivity index (χ1) is 8.31. The number of rotatable bonds is 6. The number of Topliss-reactive ketones (excluding diaryl/α,β-unsaturated/α-hetero) is 1. The Balaban J connectivity index is 4.62. The molecule has 7 nitrogen and oxygen atoms in total. The predicted octanol–water partition coefficient (Wildman–Crippen LogP) is 1.21. The second-order valence-corrected chi connectivity index (χ2v) is 3.71. The second-order valence-electron chi connectivity index (χ2n) is 3.71. The average Bonchev–Trinajstić information content (AvgIpc) is 2.22. The molecule has 0 aliphatic rings. The summed E-state index contributed by atoms with van der Waals surface area (Å²) < 4.78 is 0. The van der Waals surface area contributed by atoms with Crippen LogP contribution in [0.5, 0.6) is 0 Å². The number of carbonyl (C=O) groups excluding carboxylic acids is 3. The van der Waals surface area contributed by atoms with E-state index in [1.165, 1.54) is 20.8 Å². The number of carbonyl (C=O) groups is 3. The van der Waals surface area contributed by atoms with Crippen LogP contribution in [-0.4, -0.2) is 29.1 Å². The van der Waals surface area contributed by atoms with E-state index in [2.05, 4.69) is 20.0 Å². The van der Waals surface area contributed by atoms with E-state index in [4.69, 9.17) is 0 Å². The molecule has 0 saturated heterocycles. The van der Waals surface area contributed by atoms with Gasteiger partial charge in [-0.3, -0.25) is 4.79 Å². The van der Waals surface area contributed by atoms with Gasteiger partial charge in [0.25, 0.3) is 0 Å². The Morgan fingerprint density at radius 2 is 1.33 bits per heavy atom. The van der Waals surface area contributed by atoms with Crippen molar-refractivity contribution in [1.29, 1.82) is 0 Å². The molecule has 0 N–H and O–H groups in total. The van der Waals surface area contributed by atoms with Crippen LogP contribution >= 0.6 is 0 Å². The second kappa shape index (κ2) is 8.10. The van der Waals surface area contributed by atoms with Crippen molar-refractivity contribution in [3.8, 4) is 0 Å². The molecule has 0 bridgehead atoms. The lowest BCUT2D eigenvalue weighted by atomic mass is 10.1. The lowest BCUT2D eigenvalue weighted by molar-refractivity contribution is -0.141. The van der Waals surface area contributed by atoms with Gasteiger partial charge >= 0.3 is 11.9 Å². The van der Waals surface area contributed by atoms with Crippen LogP contribution in [0.3, 0.4) is 0 Å². The Hall–Kier alpha value is -2.05. The average molecular weight is 256 g/mol. The van der Waals surface area contributed by atoms with Gasteiger partial charge in [0.2, 0.25) is 0 Å². The molecule has 0 amide bonds. The minimum atomic E-state index is -0.578. The fourth-order valence-corrected chi connectivity index (χ4v) is 1.01. The maximum absolute atomic E-state index is 11.0. The van der Waals surface area contributed by atoms with Crippen LogP contribution < -0.4 is 0 Å². The van der Waals surface area contributed by atoms with Crippen molar-refractivity contribution in [1.82, 2.24) is 0 Å². The molecule has 7 heteroatoms. The summed E-state index contributed by atoms with van der Waals surface area (Å²) in [6.45, 7) is 5.42. The molecule has 0 radical (unpaired) electrons. The monoisotopic (exact) mass is 256 g/mol. The van der Waals surface area contributed by atoms with E-state index in [9.17, 15) is 14.4 Å². The van der Waals surface area contributed by atoms with Gasteiger partial charge in [-0.1, -0.05) is 10.3 Å². The number of hydrogen-bond donors (Lipinski definition) is 0. The van der Waals surface area contributed by atoms with Crippen LogP contribution in [-0.2, 0) is 24.1 Å². The van der Waals surface area contributed by atoms with Gasteiger partial charge in [-0.15, -0.1) is 0 Å². The molecule has 0 spiro atoms. The third-order valence-electron chi connectivity index (χ3n) is 1.55. The van der Waals surface area contributed by atoms with Gasteiger partial charge < -0.3 is 9.68 Å². The highest BCUT2D eigenvalue weighted by atomic mass is 16.7. The van der Waals surface area contributed by atoms with Crippen molar-refractivity contribution < 1.29 is 24.1 Å². The van der Waals surface area contributed by atoms with E-state index in [1.54, 1.807) is 6.92 Å². The first-order valence-electron chi connectivity index (χ1n) is 5.25. The maximum Gasteiger partial charge on any atom is 0.331 e. The van der Waals surface area contributed by atoms with Gasteiger partial charge in [-0.25, -0.2) is 9.59 Å². The molecule has 0 fully saturated rings. The fourth-order valence-electron chi connectivity index (χ4n) is 1.01. The van der Waals surface area contributed by atoms with Gasteiger partial charge in [-0.05, 0) is 13.8 Å². The normalized spacial score (nSPS) is 12.0. The standard InChI is InChI=1S/C11H16N2O5/c1-7(12-17-9(3)15)5-11(6-8(2)14)13-18-10(4)16/h5-6H2,1-4H3/b12-7+,13-11-. The highest BCUT2D eigenvalue weighted by Gasteiger charge is 2.08. The van der Waals surface area contributed by atoms with E-state index in [0.717, 1.165) is 0 Å². The molecule has 0 rings (SSSR count). The summed E-state index contributed by atoms with van der Waals surface area (Å²) in [5, 5.41) is 7.09. The Morgan fingerprint density at radius 3 is 1.78 bits per heavy atom. The summed E-state index contributed by atoms with van der Waals surface area (Å²) in [5.41, 5.74) is 0.781. The quantitative estimate of drug-likeness (QED) is 0.404.